The number of hydrogen-bond donors (Lipinski definition) is 0. The van der Waals surface area contributed by atoms with Crippen LogP contribution in [0.5, 0.6) is 0 Å². The van der Waals surface area contributed by atoms with Crippen molar-refractivity contribution in [1.82, 2.24) is 14.7 Å². The molecule has 1 atom stereocenters. The highest BCUT2D eigenvalue weighted by Crippen LogP contribution is 2.28. The minimum atomic E-state index is -0.0452. The van der Waals surface area contributed by atoms with E-state index in [1.165, 1.54) is 0 Å². The molecule has 0 unspecified atom stereocenters. The molecule has 0 saturated carbocycles. The van der Waals surface area contributed by atoms with Gasteiger partial charge in [0.2, 0.25) is 5.91 Å². The zero-order valence-corrected chi connectivity index (χ0v) is 14.2. The molecule has 2 fully saturated rings. The lowest BCUT2D eigenvalue weighted by Crippen LogP contribution is -2.70. The summed E-state index contributed by atoms with van der Waals surface area (Å²) in [6, 6.07) is 9.64. The third-order valence-electron chi connectivity index (χ3n) is 5.02. The van der Waals surface area contributed by atoms with Crippen molar-refractivity contribution in [3.8, 4) is 0 Å². The second kappa shape index (κ2) is 5.96. The molecule has 124 valence electrons. The lowest BCUT2D eigenvalue weighted by molar-refractivity contribution is -0.138. The van der Waals surface area contributed by atoms with Crippen molar-refractivity contribution in [3.63, 3.8) is 0 Å². The summed E-state index contributed by atoms with van der Waals surface area (Å²) in [6.45, 7) is 9.74. The Bertz CT molecular complexity index is 600. The third kappa shape index (κ3) is 3.11. The first-order chi connectivity index (χ1) is 10.9. The van der Waals surface area contributed by atoms with Gasteiger partial charge in [-0.2, -0.15) is 0 Å². The molecule has 23 heavy (non-hydrogen) atoms. The predicted molar refractivity (Wildman–Crippen MR) is 89.2 cm³/mol. The Morgan fingerprint density at radius 1 is 1.04 bits per heavy atom. The second-order valence-electron chi connectivity index (χ2n) is 7.18. The molecular formula is C18H25N3O2. The third-order valence-corrected chi connectivity index (χ3v) is 5.02. The Kier molecular flexibility index (Phi) is 4.15. The fourth-order valence-electron chi connectivity index (χ4n) is 3.87. The summed E-state index contributed by atoms with van der Waals surface area (Å²) in [5.41, 5.74) is 0.690. The Morgan fingerprint density at radius 3 is 2.35 bits per heavy atom. The molecule has 1 aromatic rings. The molecular weight excluding hydrogens is 290 g/mol. The van der Waals surface area contributed by atoms with Gasteiger partial charge in [-0.25, -0.2) is 0 Å². The van der Waals surface area contributed by atoms with Crippen molar-refractivity contribution < 1.29 is 9.59 Å². The van der Waals surface area contributed by atoms with Gasteiger partial charge in [0.25, 0.3) is 5.91 Å². The molecule has 0 radical (unpaired) electrons. The van der Waals surface area contributed by atoms with Gasteiger partial charge in [0.1, 0.15) is 0 Å². The molecule has 3 rings (SSSR count). The Morgan fingerprint density at radius 2 is 1.70 bits per heavy atom. The topological polar surface area (TPSA) is 43.9 Å². The molecule has 0 bridgehead atoms. The molecule has 5 heteroatoms. The van der Waals surface area contributed by atoms with Gasteiger partial charge in [0, 0.05) is 56.8 Å². The molecule has 2 aliphatic heterocycles. The van der Waals surface area contributed by atoms with Crippen molar-refractivity contribution in [2.75, 3.05) is 32.7 Å². The first-order valence-electron chi connectivity index (χ1n) is 8.25. The normalized spacial score (nSPS) is 24.2. The number of rotatable bonds is 1. The van der Waals surface area contributed by atoms with E-state index in [1.807, 2.05) is 40.1 Å². The molecule has 0 aliphatic carbocycles. The molecule has 0 spiro atoms. The quantitative estimate of drug-likeness (QED) is 0.788. The van der Waals surface area contributed by atoms with Crippen LogP contribution in [0.2, 0.25) is 0 Å². The average Bonchev–Trinajstić information content (AvgIpc) is 2.53. The molecule has 5 nitrogen and oxygen atoms in total. The maximum atomic E-state index is 12.7. The van der Waals surface area contributed by atoms with Gasteiger partial charge in [-0.1, -0.05) is 18.2 Å². The second-order valence-corrected chi connectivity index (χ2v) is 7.18. The molecule has 2 saturated heterocycles. The Balaban J connectivity index is 1.76. The van der Waals surface area contributed by atoms with E-state index in [9.17, 15) is 9.59 Å². The summed E-state index contributed by atoms with van der Waals surface area (Å²) in [5.74, 6) is 0.201. The minimum absolute atomic E-state index is 0.0452. The number of benzene rings is 1. The smallest absolute Gasteiger partial charge is 0.253 e. The summed E-state index contributed by atoms with van der Waals surface area (Å²) in [6.07, 6.45) is 0. The van der Waals surface area contributed by atoms with Crippen LogP contribution in [-0.4, -0.2) is 70.8 Å². The Labute approximate surface area is 137 Å². The van der Waals surface area contributed by atoms with Gasteiger partial charge >= 0.3 is 0 Å². The summed E-state index contributed by atoms with van der Waals surface area (Å²) < 4.78 is 0. The summed E-state index contributed by atoms with van der Waals surface area (Å²) in [7, 11) is 0. The van der Waals surface area contributed by atoms with E-state index in [0.29, 0.717) is 13.1 Å². The first-order valence-corrected chi connectivity index (χ1v) is 8.25. The highest BCUT2D eigenvalue weighted by molar-refractivity contribution is 5.94. The highest BCUT2D eigenvalue weighted by atomic mass is 16.2. The van der Waals surface area contributed by atoms with Crippen LogP contribution < -0.4 is 0 Å². The van der Waals surface area contributed by atoms with Crippen molar-refractivity contribution in [3.05, 3.63) is 35.9 Å². The molecule has 0 aromatic heterocycles. The van der Waals surface area contributed by atoms with Crippen LogP contribution in [0.15, 0.2) is 30.3 Å². The van der Waals surface area contributed by atoms with E-state index >= 15 is 0 Å². The van der Waals surface area contributed by atoms with Crippen molar-refractivity contribution >= 4 is 11.8 Å². The van der Waals surface area contributed by atoms with Crippen LogP contribution >= 0.6 is 0 Å². The highest BCUT2D eigenvalue weighted by Gasteiger charge is 2.43. The van der Waals surface area contributed by atoms with Crippen molar-refractivity contribution in [1.29, 1.82) is 0 Å². The summed E-state index contributed by atoms with van der Waals surface area (Å²) >= 11 is 0. The van der Waals surface area contributed by atoms with E-state index in [0.717, 1.165) is 25.2 Å². The van der Waals surface area contributed by atoms with E-state index in [4.69, 9.17) is 0 Å². The van der Waals surface area contributed by atoms with E-state index in [1.54, 1.807) is 6.92 Å². The zero-order valence-electron chi connectivity index (χ0n) is 14.2. The van der Waals surface area contributed by atoms with Gasteiger partial charge in [-0.3, -0.25) is 14.5 Å². The van der Waals surface area contributed by atoms with Crippen molar-refractivity contribution in [2.24, 2.45) is 0 Å². The van der Waals surface area contributed by atoms with E-state index in [2.05, 4.69) is 18.7 Å². The lowest BCUT2D eigenvalue weighted by Gasteiger charge is -2.55. The van der Waals surface area contributed by atoms with Gasteiger partial charge < -0.3 is 9.80 Å². The van der Waals surface area contributed by atoms with Crippen LogP contribution in [0.4, 0.5) is 0 Å². The van der Waals surface area contributed by atoms with Gasteiger partial charge in [-0.05, 0) is 26.0 Å². The monoisotopic (exact) mass is 315 g/mol. The number of nitrogens with zero attached hydrogens (tertiary/aromatic N) is 3. The number of carbonyl (C=O) groups excluding carboxylic acids is 2. The molecule has 1 aromatic carbocycles. The van der Waals surface area contributed by atoms with Crippen LogP contribution in [-0.2, 0) is 4.79 Å². The van der Waals surface area contributed by atoms with E-state index in [-0.39, 0.29) is 23.4 Å². The zero-order chi connectivity index (χ0) is 16.6. The number of carbonyl (C=O) groups is 2. The lowest BCUT2D eigenvalue weighted by atomic mass is 9.92. The van der Waals surface area contributed by atoms with E-state index < -0.39 is 0 Å². The van der Waals surface area contributed by atoms with Gasteiger partial charge in [0.15, 0.2) is 0 Å². The standard InChI is InChI=1S/C18H25N3O2/c1-14(22)20-12-16-11-19(9-10-21(16)18(2,3)13-20)17(23)15-7-5-4-6-8-15/h4-8,16H,9-13H2,1-3H3/t16-/m0/s1. The maximum Gasteiger partial charge on any atom is 0.253 e. The molecule has 2 heterocycles. The van der Waals surface area contributed by atoms with Crippen LogP contribution in [0.1, 0.15) is 31.1 Å². The molecule has 2 amide bonds. The minimum Gasteiger partial charge on any atom is -0.339 e. The molecule has 2 aliphatic rings. The number of amides is 2. The fraction of sp³-hybridized carbons (Fsp3) is 0.556. The maximum absolute atomic E-state index is 12.7. The summed E-state index contributed by atoms with van der Waals surface area (Å²) in [4.78, 5) is 30.8. The average molecular weight is 315 g/mol. The van der Waals surface area contributed by atoms with Crippen LogP contribution in [0.3, 0.4) is 0 Å². The van der Waals surface area contributed by atoms with Crippen LogP contribution in [0.25, 0.3) is 0 Å². The largest absolute Gasteiger partial charge is 0.339 e. The van der Waals surface area contributed by atoms with Crippen LogP contribution in [0, 0.1) is 0 Å². The van der Waals surface area contributed by atoms with Crippen molar-refractivity contribution in [2.45, 2.75) is 32.4 Å². The summed E-state index contributed by atoms with van der Waals surface area (Å²) in [5, 5.41) is 0. The van der Waals surface area contributed by atoms with Gasteiger partial charge in [0.05, 0.1) is 0 Å². The predicted octanol–water partition coefficient (Wildman–Crippen LogP) is 1.45. The van der Waals surface area contributed by atoms with Gasteiger partial charge in [-0.15, -0.1) is 0 Å². The SMILES string of the molecule is CC(=O)N1C[C@@H]2CN(C(=O)c3ccccc3)CCN2C(C)(C)C1. The molecule has 0 N–H and O–H groups in total. The number of fused-ring (bicyclic) bond motifs is 1. The Hall–Kier alpha value is -1.88. The number of hydrogen-bond acceptors (Lipinski definition) is 3. The number of piperazine rings is 2. The first kappa shape index (κ1) is 16.0. The fourth-order valence-corrected chi connectivity index (χ4v) is 3.87.